The number of rotatable bonds is 8. The Hall–Kier alpha value is -2.82. The quantitative estimate of drug-likeness (QED) is 0.714. The molecule has 1 N–H and O–H groups in total. The van der Waals surface area contributed by atoms with Crippen LogP contribution < -0.4 is 10.1 Å². The molecular formula is C25H32N2O3. The van der Waals surface area contributed by atoms with Crippen molar-refractivity contribution in [3.63, 3.8) is 0 Å². The summed E-state index contributed by atoms with van der Waals surface area (Å²) in [4.78, 5) is 27.6. The third-order valence-electron chi connectivity index (χ3n) is 5.76. The van der Waals surface area contributed by atoms with Crippen LogP contribution >= 0.6 is 0 Å². The Kier molecular flexibility index (Phi) is 7.50. The van der Waals surface area contributed by atoms with Crippen LogP contribution in [0.4, 0.5) is 0 Å². The summed E-state index contributed by atoms with van der Waals surface area (Å²) in [6.07, 6.45) is 4.33. The van der Waals surface area contributed by atoms with Gasteiger partial charge in [-0.05, 0) is 56.4 Å². The van der Waals surface area contributed by atoms with Crippen LogP contribution in [0.25, 0.3) is 0 Å². The number of ether oxygens (including phenoxy) is 1. The second-order valence-electron chi connectivity index (χ2n) is 8.23. The van der Waals surface area contributed by atoms with Crippen LogP contribution in [0.5, 0.6) is 5.75 Å². The molecule has 1 fully saturated rings. The van der Waals surface area contributed by atoms with Gasteiger partial charge in [0.15, 0.2) is 6.61 Å². The fourth-order valence-corrected chi connectivity index (χ4v) is 3.84. The fraction of sp³-hybridized carbons (Fsp3) is 0.440. The van der Waals surface area contributed by atoms with Crippen molar-refractivity contribution in [3.05, 3.63) is 65.2 Å². The third kappa shape index (κ3) is 5.85. The van der Waals surface area contributed by atoms with Gasteiger partial charge in [-0.25, -0.2) is 0 Å². The molecule has 0 radical (unpaired) electrons. The predicted molar refractivity (Wildman–Crippen MR) is 118 cm³/mol. The molecule has 2 amide bonds. The molecule has 2 aromatic rings. The highest BCUT2D eigenvalue weighted by Gasteiger charge is 2.28. The van der Waals surface area contributed by atoms with Crippen LogP contribution in [0, 0.1) is 13.8 Å². The maximum Gasteiger partial charge on any atom is 0.261 e. The van der Waals surface area contributed by atoms with Gasteiger partial charge in [0.25, 0.3) is 5.91 Å². The molecule has 1 unspecified atom stereocenters. The second-order valence-corrected chi connectivity index (χ2v) is 8.23. The normalized spacial score (nSPS) is 14.9. The molecule has 0 spiro atoms. The van der Waals surface area contributed by atoms with Crippen molar-refractivity contribution in [3.8, 4) is 5.75 Å². The molecular weight excluding hydrogens is 376 g/mol. The molecule has 0 aliphatic heterocycles. The van der Waals surface area contributed by atoms with E-state index in [0.29, 0.717) is 12.3 Å². The summed E-state index contributed by atoms with van der Waals surface area (Å²) in [5, 5.41) is 3.12. The Morgan fingerprint density at radius 3 is 2.50 bits per heavy atom. The minimum Gasteiger partial charge on any atom is -0.483 e. The molecule has 0 bridgehead atoms. The average Bonchev–Trinajstić information content (AvgIpc) is 3.25. The maximum absolute atomic E-state index is 13.1. The van der Waals surface area contributed by atoms with E-state index < -0.39 is 6.04 Å². The SMILES string of the molecule is Cc1ccc(C)c(OCC(=O)N(Cc2ccccc2)C(C)C(=O)NC2CCCC2)c1. The lowest BCUT2D eigenvalue weighted by Crippen LogP contribution is -2.50. The van der Waals surface area contributed by atoms with Crippen molar-refractivity contribution >= 4 is 11.8 Å². The molecule has 1 aliphatic carbocycles. The molecule has 1 saturated carbocycles. The summed E-state index contributed by atoms with van der Waals surface area (Å²) in [5.41, 5.74) is 3.04. The minimum absolute atomic E-state index is 0.0990. The topological polar surface area (TPSA) is 58.6 Å². The summed E-state index contributed by atoms with van der Waals surface area (Å²) < 4.78 is 5.84. The van der Waals surface area contributed by atoms with E-state index in [1.807, 2.05) is 62.4 Å². The zero-order chi connectivity index (χ0) is 21.5. The zero-order valence-electron chi connectivity index (χ0n) is 18.2. The molecule has 5 heteroatoms. The van der Waals surface area contributed by atoms with Gasteiger partial charge in [0.05, 0.1) is 0 Å². The molecule has 2 aromatic carbocycles. The summed E-state index contributed by atoms with van der Waals surface area (Å²) in [6, 6.07) is 15.3. The highest BCUT2D eigenvalue weighted by molar-refractivity contribution is 5.88. The van der Waals surface area contributed by atoms with Crippen molar-refractivity contribution in [1.82, 2.24) is 10.2 Å². The molecule has 0 saturated heterocycles. The van der Waals surface area contributed by atoms with Gasteiger partial charge in [-0.1, -0.05) is 55.3 Å². The monoisotopic (exact) mass is 408 g/mol. The Morgan fingerprint density at radius 1 is 1.10 bits per heavy atom. The summed E-state index contributed by atoms with van der Waals surface area (Å²) in [5.74, 6) is 0.401. The number of nitrogens with zero attached hydrogens (tertiary/aromatic N) is 1. The minimum atomic E-state index is -0.569. The van der Waals surface area contributed by atoms with Crippen LogP contribution in [0.1, 0.15) is 49.3 Å². The first-order valence-electron chi connectivity index (χ1n) is 10.8. The first kappa shape index (κ1) is 21.9. The van der Waals surface area contributed by atoms with E-state index in [9.17, 15) is 9.59 Å². The number of hydrogen-bond donors (Lipinski definition) is 1. The van der Waals surface area contributed by atoms with Crippen molar-refractivity contribution in [2.45, 2.75) is 65.1 Å². The van der Waals surface area contributed by atoms with Crippen LogP contribution in [0.3, 0.4) is 0 Å². The lowest BCUT2D eigenvalue weighted by molar-refractivity contribution is -0.142. The first-order valence-corrected chi connectivity index (χ1v) is 10.8. The van der Waals surface area contributed by atoms with Crippen molar-refractivity contribution < 1.29 is 14.3 Å². The smallest absolute Gasteiger partial charge is 0.261 e. The largest absolute Gasteiger partial charge is 0.483 e. The van der Waals surface area contributed by atoms with Gasteiger partial charge in [-0.2, -0.15) is 0 Å². The average molecular weight is 409 g/mol. The molecule has 1 atom stereocenters. The fourth-order valence-electron chi connectivity index (χ4n) is 3.84. The summed E-state index contributed by atoms with van der Waals surface area (Å²) >= 11 is 0. The van der Waals surface area contributed by atoms with Gasteiger partial charge in [-0.15, -0.1) is 0 Å². The molecule has 0 aromatic heterocycles. The van der Waals surface area contributed by atoms with Crippen molar-refractivity contribution in [2.75, 3.05) is 6.61 Å². The van der Waals surface area contributed by atoms with Crippen LogP contribution in [0.15, 0.2) is 48.5 Å². The number of amides is 2. The van der Waals surface area contributed by atoms with E-state index in [4.69, 9.17) is 4.74 Å². The summed E-state index contributed by atoms with van der Waals surface area (Å²) in [6.45, 7) is 6.01. The van der Waals surface area contributed by atoms with E-state index in [0.717, 1.165) is 42.4 Å². The Balaban J connectivity index is 1.71. The Labute approximate surface area is 179 Å². The Bertz CT molecular complexity index is 860. The molecule has 5 nitrogen and oxygen atoms in total. The lowest BCUT2D eigenvalue weighted by atomic mass is 10.1. The first-order chi connectivity index (χ1) is 14.4. The molecule has 3 rings (SSSR count). The standard InChI is InChI=1S/C25H32N2O3/c1-18-13-14-19(2)23(15-18)30-17-24(28)27(16-21-9-5-4-6-10-21)20(3)25(29)26-22-11-7-8-12-22/h4-6,9-10,13-15,20,22H,7-8,11-12,16-17H2,1-3H3,(H,26,29). The van der Waals surface area contributed by atoms with Gasteiger partial charge in [-0.3, -0.25) is 9.59 Å². The highest BCUT2D eigenvalue weighted by atomic mass is 16.5. The van der Waals surface area contributed by atoms with E-state index in [2.05, 4.69) is 5.32 Å². The van der Waals surface area contributed by atoms with Crippen LogP contribution in [-0.2, 0) is 16.1 Å². The molecule has 160 valence electrons. The number of carbonyl (C=O) groups excluding carboxylic acids is 2. The van der Waals surface area contributed by atoms with E-state index in [-0.39, 0.29) is 24.5 Å². The second kappa shape index (κ2) is 10.3. The number of benzene rings is 2. The van der Waals surface area contributed by atoms with E-state index >= 15 is 0 Å². The molecule has 30 heavy (non-hydrogen) atoms. The van der Waals surface area contributed by atoms with Gasteiger partial charge in [0.1, 0.15) is 11.8 Å². The van der Waals surface area contributed by atoms with E-state index in [1.165, 1.54) is 0 Å². The number of nitrogens with one attached hydrogen (secondary N) is 1. The number of hydrogen-bond acceptors (Lipinski definition) is 3. The van der Waals surface area contributed by atoms with Crippen LogP contribution in [0.2, 0.25) is 0 Å². The third-order valence-corrected chi connectivity index (χ3v) is 5.76. The van der Waals surface area contributed by atoms with Gasteiger partial charge in [0, 0.05) is 12.6 Å². The molecule has 1 aliphatic rings. The van der Waals surface area contributed by atoms with Gasteiger partial charge < -0.3 is 15.0 Å². The number of carbonyl (C=O) groups is 2. The van der Waals surface area contributed by atoms with Crippen molar-refractivity contribution in [2.24, 2.45) is 0 Å². The van der Waals surface area contributed by atoms with E-state index in [1.54, 1.807) is 11.8 Å². The lowest BCUT2D eigenvalue weighted by Gasteiger charge is -2.29. The van der Waals surface area contributed by atoms with Gasteiger partial charge >= 0.3 is 0 Å². The summed E-state index contributed by atoms with van der Waals surface area (Å²) in [7, 11) is 0. The Morgan fingerprint density at radius 2 is 1.80 bits per heavy atom. The maximum atomic E-state index is 13.1. The number of aryl methyl sites for hydroxylation is 2. The molecule has 0 heterocycles. The van der Waals surface area contributed by atoms with Crippen LogP contribution in [-0.4, -0.2) is 35.4 Å². The van der Waals surface area contributed by atoms with Crippen molar-refractivity contribution in [1.29, 1.82) is 0 Å². The van der Waals surface area contributed by atoms with Gasteiger partial charge in [0.2, 0.25) is 5.91 Å². The highest BCUT2D eigenvalue weighted by Crippen LogP contribution is 2.20. The zero-order valence-corrected chi connectivity index (χ0v) is 18.2. The predicted octanol–water partition coefficient (Wildman–Crippen LogP) is 4.16.